The number of hydrogen-bond donors (Lipinski definition) is 1. The van der Waals surface area contributed by atoms with E-state index in [0.717, 1.165) is 22.0 Å². The van der Waals surface area contributed by atoms with Crippen molar-refractivity contribution in [2.45, 2.75) is 12.8 Å². The highest BCUT2D eigenvalue weighted by Crippen LogP contribution is 2.30. The van der Waals surface area contributed by atoms with Crippen LogP contribution in [0.25, 0.3) is 10.6 Å². The first-order valence-corrected chi connectivity index (χ1v) is 8.84. The van der Waals surface area contributed by atoms with Gasteiger partial charge in [0.25, 0.3) is 0 Å². The van der Waals surface area contributed by atoms with Gasteiger partial charge < -0.3 is 5.32 Å². The van der Waals surface area contributed by atoms with Gasteiger partial charge in [-0.25, -0.2) is 4.98 Å². The zero-order valence-corrected chi connectivity index (χ0v) is 14.5. The molecule has 0 spiro atoms. The van der Waals surface area contributed by atoms with Gasteiger partial charge in [-0.3, -0.25) is 9.78 Å². The maximum atomic E-state index is 12.0. The molecule has 2 aromatic heterocycles. The van der Waals surface area contributed by atoms with Gasteiger partial charge >= 0.3 is 0 Å². The largest absolute Gasteiger partial charge is 0.355 e. The first-order chi connectivity index (χ1) is 11.7. The van der Waals surface area contributed by atoms with Crippen molar-refractivity contribution in [3.8, 4) is 10.6 Å². The summed E-state index contributed by atoms with van der Waals surface area (Å²) in [6.45, 7) is 0.567. The number of rotatable bonds is 6. The number of thiazole rings is 1. The molecular formula is C18H16ClN3OS. The number of pyridine rings is 1. The molecule has 0 bridgehead atoms. The molecule has 0 saturated heterocycles. The summed E-state index contributed by atoms with van der Waals surface area (Å²) in [5.41, 5.74) is 2.61. The lowest BCUT2D eigenvalue weighted by atomic mass is 10.2. The Labute approximate surface area is 149 Å². The van der Waals surface area contributed by atoms with Crippen molar-refractivity contribution >= 4 is 28.8 Å². The van der Waals surface area contributed by atoms with Gasteiger partial charge in [0.2, 0.25) is 5.91 Å². The van der Waals surface area contributed by atoms with E-state index in [1.807, 2.05) is 47.8 Å². The molecule has 6 heteroatoms. The van der Waals surface area contributed by atoms with Crippen LogP contribution in [0.4, 0.5) is 0 Å². The summed E-state index contributed by atoms with van der Waals surface area (Å²) in [7, 11) is 0. The molecule has 4 nitrogen and oxygen atoms in total. The molecule has 1 amide bonds. The molecule has 0 unspecified atom stereocenters. The molecule has 0 atom stereocenters. The Kier molecular flexibility index (Phi) is 5.56. The van der Waals surface area contributed by atoms with Gasteiger partial charge in [0.1, 0.15) is 5.01 Å². The zero-order valence-electron chi connectivity index (χ0n) is 12.9. The Morgan fingerprint density at radius 3 is 2.75 bits per heavy atom. The molecule has 0 aliphatic heterocycles. The van der Waals surface area contributed by atoms with Gasteiger partial charge in [-0.1, -0.05) is 35.9 Å². The van der Waals surface area contributed by atoms with E-state index in [0.29, 0.717) is 18.0 Å². The van der Waals surface area contributed by atoms with Gasteiger partial charge in [0.05, 0.1) is 17.1 Å². The molecule has 24 heavy (non-hydrogen) atoms. The average Bonchev–Trinajstić information content (AvgIpc) is 3.04. The first-order valence-electron chi connectivity index (χ1n) is 7.58. The lowest BCUT2D eigenvalue weighted by Gasteiger charge is -2.03. The Bertz CT molecular complexity index is 820. The lowest BCUT2D eigenvalue weighted by molar-refractivity contribution is -0.120. The fourth-order valence-corrected chi connectivity index (χ4v) is 3.39. The Morgan fingerprint density at radius 2 is 1.96 bits per heavy atom. The van der Waals surface area contributed by atoms with Crippen LogP contribution in [0.1, 0.15) is 11.4 Å². The number of amides is 1. The van der Waals surface area contributed by atoms with Crippen LogP contribution >= 0.6 is 22.9 Å². The number of nitrogens with zero attached hydrogens (tertiary/aromatic N) is 2. The molecule has 3 rings (SSSR count). The van der Waals surface area contributed by atoms with E-state index in [4.69, 9.17) is 11.6 Å². The third-order valence-corrected chi connectivity index (χ3v) is 4.68. The second-order valence-corrected chi connectivity index (χ2v) is 6.49. The molecule has 3 aromatic rings. The SMILES string of the molecule is O=C(Cc1csc(-c2ccccc2Cl)n1)NCCc1ccccn1. The Balaban J connectivity index is 1.53. The fraction of sp³-hybridized carbons (Fsp3) is 0.167. The summed E-state index contributed by atoms with van der Waals surface area (Å²) < 4.78 is 0. The molecular weight excluding hydrogens is 342 g/mol. The minimum atomic E-state index is -0.0399. The van der Waals surface area contributed by atoms with Crippen molar-refractivity contribution in [3.05, 3.63) is 70.5 Å². The van der Waals surface area contributed by atoms with Crippen molar-refractivity contribution in [1.82, 2.24) is 15.3 Å². The second-order valence-electron chi connectivity index (χ2n) is 5.22. The van der Waals surface area contributed by atoms with Crippen LogP contribution in [0.15, 0.2) is 54.0 Å². The Hall–Kier alpha value is -2.24. The lowest BCUT2D eigenvalue weighted by Crippen LogP contribution is -2.27. The van der Waals surface area contributed by atoms with Crippen molar-refractivity contribution in [3.63, 3.8) is 0 Å². The number of halogens is 1. The molecule has 0 saturated carbocycles. The number of aromatic nitrogens is 2. The maximum absolute atomic E-state index is 12.0. The van der Waals surface area contributed by atoms with E-state index in [9.17, 15) is 4.79 Å². The quantitative estimate of drug-likeness (QED) is 0.730. The van der Waals surface area contributed by atoms with Gasteiger partial charge in [-0.05, 0) is 18.2 Å². The predicted molar refractivity (Wildman–Crippen MR) is 97.2 cm³/mol. The van der Waals surface area contributed by atoms with Crippen LogP contribution in [-0.4, -0.2) is 22.4 Å². The van der Waals surface area contributed by atoms with Crippen molar-refractivity contribution < 1.29 is 4.79 Å². The summed E-state index contributed by atoms with van der Waals surface area (Å²) in [5.74, 6) is -0.0399. The Morgan fingerprint density at radius 1 is 1.12 bits per heavy atom. The minimum absolute atomic E-state index is 0.0399. The van der Waals surface area contributed by atoms with Crippen LogP contribution in [0, 0.1) is 0 Å². The van der Waals surface area contributed by atoms with E-state index in [1.54, 1.807) is 6.20 Å². The summed E-state index contributed by atoms with van der Waals surface area (Å²) in [4.78, 5) is 20.8. The van der Waals surface area contributed by atoms with E-state index in [-0.39, 0.29) is 12.3 Å². The van der Waals surface area contributed by atoms with Gasteiger partial charge in [0, 0.05) is 35.8 Å². The minimum Gasteiger partial charge on any atom is -0.355 e. The molecule has 122 valence electrons. The molecule has 0 fully saturated rings. The topological polar surface area (TPSA) is 54.9 Å². The smallest absolute Gasteiger partial charge is 0.226 e. The van der Waals surface area contributed by atoms with Gasteiger partial charge in [-0.15, -0.1) is 11.3 Å². The van der Waals surface area contributed by atoms with Crippen LogP contribution in [0.2, 0.25) is 5.02 Å². The van der Waals surface area contributed by atoms with Crippen molar-refractivity contribution in [1.29, 1.82) is 0 Å². The average molecular weight is 358 g/mol. The highest BCUT2D eigenvalue weighted by molar-refractivity contribution is 7.13. The van der Waals surface area contributed by atoms with Crippen LogP contribution in [-0.2, 0) is 17.6 Å². The summed E-state index contributed by atoms with van der Waals surface area (Å²) in [6, 6.07) is 13.3. The van der Waals surface area contributed by atoms with E-state index in [2.05, 4.69) is 15.3 Å². The predicted octanol–water partition coefficient (Wildman–Crippen LogP) is 3.76. The molecule has 0 aliphatic carbocycles. The number of nitrogens with one attached hydrogen (secondary N) is 1. The molecule has 2 heterocycles. The monoisotopic (exact) mass is 357 g/mol. The van der Waals surface area contributed by atoms with Gasteiger partial charge in [-0.2, -0.15) is 0 Å². The maximum Gasteiger partial charge on any atom is 0.226 e. The van der Waals surface area contributed by atoms with Crippen molar-refractivity contribution in [2.75, 3.05) is 6.54 Å². The highest BCUT2D eigenvalue weighted by Gasteiger charge is 2.10. The second kappa shape index (κ2) is 8.04. The normalized spacial score (nSPS) is 10.5. The molecule has 0 aliphatic rings. The zero-order chi connectivity index (χ0) is 16.8. The van der Waals surface area contributed by atoms with E-state index >= 15 is 0 Å². The standard InChI is InChI=1S/C18H16ClN3OS/c19-16-7-2-1-6-15(16)18-22-14(12-24-18)11-17(23)21-10-8-13-5-3-4-9-20-13/h1-7,9,12H,8,10-11H2,(H,21,23). The number of benzene rings is 1. The molecule has 0 radical (unpaired) electrons. The van der Waals surface area contributed by atoms with E-state index in [1.165, 1.54) is 11.3 Å². The fourth-order valence-electron chi connectivity index (χ4n) is 2.25. The third kappa shape index (κ3) is 4.40. The first kappa shape index (κ1) is 16.6. The van der Waals surface area contributed by atoms with Crippen LogP contribution in [0.3, 0.4) is 0 Å². The van der Waals surface area contributed by atoms with Crippen LogP contribution in [0.5, 0.6) is 0 Å². The molecule has 1 aromatic carbocycles. The van der Waals surface area contributed by atoms with Gasteiger partial charge in [0.15, 0.2) is 0 Å². The summed E-state index contributed by atoms with van der Waals surface area (Å²) in [5, 5.41) is 6.29. The third-order valence-electron chi connectivity index (χ3n) is 3.43. The highest BCUT2D eigenvalue weighted by atomic mass is 35.5. The van der Waals surface area contributed by atoms with E-state index < -0.39 is 0 Å². The van der Waals surface area contributed by atoms with Crippen LogP contribution < -0.4 is 5.32 Å². The summed E-state index contributed by atoms with van der Waals surface area (Å²) in [6.07, 6.45) is 2.74. The summed E-state index contributed by atoms with van der Waals surface area (Å²) >= 11 is 7.68. The number of hydrogen-bond acceptors (Lipinski definition) is 4. The number of carbonyl (C=O) groups is 1. The molecule has 1 N–H and O–H groups in total. The van der Waals surface area contributed by atoms with Crippen molar-refractivity contribution in [2.24, 2.45) is 0 Å². The number of carbonyl (C=O) groups excluding carboxylic acids is 1.